The van der Waals surface area contributed by atoms with Crippen molar-refractivity contribution in [1.82, 2.24) is 0 Å². The summed E-state index contributed by atoms with van der Waals surface area (Å²) in [5.41, 5.74) is 7.19. The molecule has 0 heterocycles. The van der Waals surface area contributed by atoms with Gasteiger partial charge in [0.05, 0.1) is 0 Å². The van der Waals surface area contributed by atoms with Crippen LogP contribution in [0.1, 0.15) is 36.5 Å². The highest BCUT2D eigenvalue weighted by Gasteiger charge is 1.99. The molecule has 1 aromatic rings. The maximum Gasteiger partial charge on any atom is 0.159 e. The van der Waals surface area contributed by atoms with Crippen molar-refractivity contribution in [2.45, 2.75) is 26.2 Å². The third-order valence-corrected chi connectivity index (χ3v) is 2.48. The van der Waals surface area contributed by atoms with Gasteiger partial charge in [-0.3, -0.25) is 4.79 Å². The molecule has 0 aliphatic rings. The molecule has 0 bridgehead atoms. The zero-order chi connectivity index (χ0) is 11.8. The van der Waals surface area contributed by atoms with E-state index >= 15 is 0 Å². The maximum atomic E-state index is 11.2. The van der Waals surface area contributed by atoms with E-state index in [9.17, 15) is 4.79 Å². The lowest BCUT2D eigenvalue weighted by molar-refractivity contribution is 0.101. The van der Waals surface area contributed by atoms with Gasteiger partial charge in [0.1, 0.15) is 0 Å². The number of hydrogen-bond acceptors (Lipinski definition) is 3. The summed E-state index contributed by atoms with van der Waals surface area (Å²) < 4.78 is 0. The lowest BCUT2D eigenvalue weighted by atomic mass is 10.1. The summed E-state index contributed by atoms with van der Waals surface area (Å²) >= 11 is 0. The number of carbonyl (C=O) groups excluding carboxylic acids is 1. The van der Waals surface area contributed by atoms with Crippen molar-refractivity contribution in [3.8, 4) is 0 Å². The Labute approximate surface area is 97.0 Å². The highest BCUT2D eigenvalue weighted by molar-refractivity contribution is 5.94. The van der Waals surface area contributed by atoms with E-state index in [1.54, 1.807) is 6.92 Å². The van der Waals surface area contributed by atoms with Crippen molar-refractivity contribution in [3.05, 3.63) is 29.8 Å². The molecule has 0 radical (unpaired) electrons. The zero-order valence-corrected chi connectivity index (χ0v) is 9.83. The number of anilines is 1. The molecule has 1 rings (SSSR count). The number of rotatable bonds is 7. The van der Waals surface area contributed by atoms with E-state index < -0.39 is 0 Å². The molecule has 0 unspecified atom stereocenters. The summed E-state index contributed by atoms with van der Waals surface area (Å²) in [6.45, 7) is 3.28. The Morgan fingerprint density at radius 2 is 2.12 bits per heavy atom. The standard InChI is InChI=1S/C13H20N2O/c1-11(16)12-6-5-7-13(10-12)15-9-4-2-3-8-14/h5-7,10,15H,2-4,8-9,14H2,1H3. The Bertz CT molecular complexity index is 336. The minimum atomic E-state index is 0.104. The van der Waals surface area contributed by atoms with Gasteiger partial charge in [-0.2, -0.15) is 0 Å². The van der Waals surface area contributed by atoms with Crippen LogP contribution in [-0.2, 0) is 0 Å². The molecule has 3 N–H and O–H groups in total. The number of carbonyl (C=O) groups is 1. The fourth-order valence-electron chi connectivity index (χ4n) is 1.53. The summed E-state index contributed by atoms with van der Waals surface area (Å²) in [6.07, 6.45) is 3.34. The van der Waals surface area contributed by atoms with E-state index in [4.69, 9.17) is 5.73 Å². The van der Waals surface area contributed by atoms with Crippen LogP contribution in [-0.4, -0.2) is 18.9 Å². The fourth-order valence-corrected chi connectivity index (χ4v) is 1.53. The predicted octanol–water partition coefficient (Wildman–Crippen LogP) is 2.43. The first-order valence-corrected chi connectivity index (χ1v) is 5.79. The van der Waals surface area contributed by atoms with Gasteiger partial charge in [-0.25, -0.2) is 0 Å². The minimum Gasteiger partial charge on any atom is -0.385 e. The second kappa shape index (κ2) is 7.01. The molecule has 0 saturated heterocycles. The zero-order valence-electron chi connectivity index (χ0n) is 9.83. The van der Waals surface area contributed by atoms with Gasteiger partial charge in [-0.05, 0) is 38.4 Å². The van der Waals surface area contributed by atoms with Crippen LogP contribution < -0.4 is 11.1 Å². The van der Waals surface area contributed by atoms with Gasteiger partial charge in [-0.1, -0.05) is 18.6 Å². The van der Waals surface area contributed by atoms with Crippen LogP contribution in [0.3, 0.4) is 0 Å². The quantitative estimate of drug-likeness (QED) is 0.548. The molecule has 0 aliphatic carbocycles. The second-order valence-corrected chi connectivity index (χ2v) is 3.91. The van der Waals surface area contributed by atoms with E-state index in [2.05, 4.69) is 5.32 Å². The third-order valence-electron chi connectivity index (χ3n) is 2.48. The number of ketones is 1. The van der Waals surface area contributed by atoms with Gasteiger partial charge in [0.2, 0.25) is 0 Å². The predicted molar refractivity (Wildman–Crippen MR) is 67.8 cm³/mol. The van der Waals surface area contributed by atoms with Crippen molar-refractivity contribution in [1.29, 1.82) is 0 Å². The number of hydrogen-bond donors (Lipinski definition) is 2. The smallest absolute Gasteiger partial charge is 0.159 e. The summed E-state index contributed by atoms with van der Waals surface area (Å²) in [6, 6.07) is 7.61. The first-order valence-electron chi connectivity index (χ1n) is 5.79. The molecule has 88 valence electrons. The molecule has 0 aliphatic heterocycles. The SMILES string of the molecule is CC(=O)c1cccc(NCCCCCN)c1. The average Bonchev–Trinajstić information content (AvgIpc) is 2.29. The maximum absolute atomic E-state index is 11.2. The van der Waals surface area contributed by atoms with E-state index in [0.29, 0.717) is 0 Å². The Hall–Kier alpha value is -1.35. The van der Waals surface area contributed by atoms with Crippen LogP contribution in [0, 0.1) is 0 Å². The molecule has 0 atom stereocenters. The van der Waals surface area contributed by atoms with Crippen LogP contribution in [0.5, 0.6) is 0 Å². The summed E-state index contributed by atoms with van der Waals surface area (Å²) in [4.78, 5) is 11.2. The highest BCUT2D eigenvalue weighted by atomic mass is 16.1. The molecule has 0 amide bonds. The van der Waals surface area contributed by atoms with Crippen molar-refractivity contribution in [2.24, 2.45) is 5.73 Å². The lowest BCUT2D eigenvalue weighted by Gasteiger charge is -2.06. The molecule has 0 fully saturated rings. The summed E-state index contributed by atoms with van der Waals surface area (Å²) in [7, 11) is 0. The minimum absolute atomic E-state index is 0.104. The summed E-state index contributed by atoms with van der Waals surface area (Å²) in [5.74, 6) is 0.104. The van der Waals surface area contributed by atoms with Crippen LogP contribution >= 0.6 is 0 Å². The first kappa shape index (κ1) is 12.7. The van der Waals surface area contributed by atoms with Gasteiger partial charge in [0, 0.05) is 17.8 Å². The Balaban J connectivity index is 2.36. The van der Waals surface area contributed by atoms with Crippen molar-refractivity contribution >= 4 is 11.5 Å². The molecule has 1 aromatic carbocycles. The van der Waals surface area contributed by atoms with Crippen LogP contribution in [0.15, 0.2) is 24.3 Å². The average molecular weight is 220 g/mol. The molecule has 3 nitrogen and oxygen atoms in total. The lowest BCUT2D eigenvalue weighted by Crippen LogP contribution is -2.04. The van der Waals surface area contributed by atoms with Crippen molar-refractivity contribution in [2.75, 3.05) is 18.4 Å². The Morgan fingerprint density at radius 1 is 1.31 bits per heavy atom. The van der Waals surface area contributed by atoms with Gasteiger partial charge in [-0.15, -0.1) is 0 Å². The van der Waals surface area contributed by atoms with E-state index in [-0.39, 0.29) is 5.78 Å². The second-order valence-electron chi connectivity index (χ2n) is 3.91. The van der Waals surface area contributed by atoms with Crippen molar-refractivity contribution in [3.63, 3.8) is 0 Å². The third kappa shape index (κ3) is 4.45. The molecule has 0 spiro atoms. The molecule has 3 heteroatoms. The fraction of sp³-hybridized carbons (Fsp3) is 0.462. The first-order chi connectivity index (χ1) is 7.74. The van der Waals surface area contributed by atoms with E-state index in [1.165, 1.54) is 0 Å². The van der Waals surface area contributed by atoms with Crippen LogP contribution in [0.2, 0.25) is 0 Å². The molecule has 0 saturated carbocycles. The van der Waals surface area contributed by atoms with Gasteiger partial charge in [0.25, 0.3) is 0 Å². The molecular weight excluding hydrogens is 200 g/mol. The van der Waals surface area contributed by atoms with E-state index in [0.717, 1.165) is 43.6 Å². The number of nitrogens with one attached hydrogen (secondary N) is 1. The largest absolute Gasteiger partial charge is 0.385 e. The van der Waals surface area contributed by atoms with Crippen molar-refractivity contribution < 1.29 is 4.79 Å². The molecule has 16 heavy (non-hydrogen) atoms. The molecular formula is C13H20N2O. The van der Waals surface area contributed by atoms with Crippen LogP contribution in [0.25, 0.3) is 0 Å². The Morgan fingerprint density at radius 3 is 2.81 bits per heavy atom. The van der Waals surface area contributed by atoms with E-state index in [1.807, 2.05) is 24.3 Å². The monoisotopic (exact) mass is 220 g/mol. The Kier molecular flexibility index (Phi) is 5.57. The number of nitrogens with two attached hydrogens (primary N) is 1. The van der Waals surface area contributed by atoms with Gasteiger partial charge in [0.15, 0.2) is 5.78 Å². The highest BCUT2D eigenvalue weighted by Crippen LogP contribution is 2.11. The molecule has 0 aromatic heterocycles. The van der Waals surface area contributed by atoms with Gasteiger partial charge < -0.3 is 11.1 Å². The van der Waals surface area contributed by atoms with Crippen LogP contribution in [0.4, 0.5) is 5.69 Å². The number of unbranched alkanes of at least 4 members (excludes halogenated alkanes) is 2. The van der Waals surface area contributed by atoms with Gasteiger partial charge >= 0.3 is 0 Å². The number of Topliss-reactive ketones (excluding diaryl/α,β-unsaturated/α-hetero) is 1. The summed E-state index contributed by atoms with van der Waals surface area (Å²) in [5, 5.41) is 3.31. The topological polar surface area (TPSA) is 55.1 Å². The number of benzene rings is 1. The normalized spacial score (nSPS) is 10.1.